The van der Waals surface area contributed by atoms with Crippen molar-refractivity contribution in [1.82, 2.24) is 9.97 Å². The molecule has 0 atom stereocenters. The number of aromatic nitrogens is 2. The Bertz CT molecular complexity index is 972. The van der Waals surface area contributed by atoms with Crippen molar-refractivity contribution in [3.05, 3.63) is 82.3 Å². The minimum absolute atomic E-state index is 0.0653. The first-order chi connectivity index (χ1) is 12.3. The molecule has 0 aliphatic heterocycles. The number of para-hydroxylation sites is 2. The van der Waals surface area contributed by atoms with E-state index >= 15 is 0 Å². The largest absolute Gasteiger partial charge is 0.342 e. The van der Waals surface area contributed by atoms with Crippen LogP contribution in [0.3, 0.4) is 0 Å². The van der Waals surface area contributed by atoms with Crippen LogP contribution < -0.4 is 5.32 Å². The third-order valence-electron chi connectivity index (χ3n) is 4.02. The zero-order valence-electron chi connectivity index (χ0n) is 13.5. The van der Waals surface area contributed by atoms with E-state index in [4.69, 9.17) is 0 Å². The van der Waals surface area contributed by atoms with Gasteiger partial charge in [0.25, 0.3) is 5.91 Å². The second kappa shape index (κ2) is 6.91. The zero-order chi connectivity index (χ0) is 17.1. The summed E-state index contributed by atoms with van der Waals surface area (Å²) in [6, 6.07) is 19.7. The summed E-state index contributed by atoms with van der Waals surface area (Å²) >= 11 is 1.44. The number of aryl methyl sites for hydroxylation is 2. The van der Waals surface area contributed by atoms with Crippen LogP contribution in [0.1, 0.15) is 21.1 Å². The molecule has 0 saturated heterocycles. The number of rotatable bonds is 5. The van der Waals surface area contributed by atoms with Gasteiger partial charge in [-0.15, -0.1) is 11.3 Å². The normalized spacial score (nSPS) is 10.9. The topological polar surface area (TPSA) is 57.8 Å². The van der Waals surface area contributed by atoms with E-state index in [1.807, 2.05) is 60.0 Å². The lowest BCUT2D eigenvalue weighted by molar-refractivity contribution is 0.103. The molecule has 2 aromatic carbocycles. The molecule has 0 fully saturated rings. The number of benzene rings is 2. The van der Waals surface area contributed by atoms with Gasteiger partial charge < -0.3 is 10.3 Å². The molecule has 0 bridgehead atoms. The summed E-state index contributed by atoms with van der Waals surface area (Å²) in [6.45, 7) is 0. The van der Waals surface area contributed by atoms with Crippen LogP contribution >= 0.6 is 11.3 Å². The maximum absolute atomic E-state index is 12.1. The van der Waals surface area contributed by atoms with Crippen molar-refractivity contribution in [2.45, 2.75) is 12.8 Å². The van der Waals surface area contributed by atoms with Gasteiger partial charge in [-0.1, -0.05) is 30.3 Å². The van der Waals surface area contributed by atoms with Gasteiger partial charge in [0.1, 0.15) is 5.82 Å². The molecule has 4 aromatic rings. The van der Waals surface area contributed by atoms with Crippen LogP contribution in [-0.4, -0.2) is 15.9 Å². The predicted octanol–water partition coefficient (Wildman–Crippen LogP) is 4.66. The van der Waals surface area contributed by atoms with E-state index in [1.54, 1.807) is 0 Å². The second-order valence-corrected chi connectivity index (χ2v) is 6.78. The van der Waals surface area contributed by atoms with Crippen molar-refractivity contribution < 1.29 is 4.79 Å². The second-order valence-electron chi connectivity index (χ2n) is 5.83. The number of imidazole rings is 1. The standard InChI is InChI=1S/C20H17N3OS/c24-20(18-9-4-12-25-18)21-15-6-3-5-14(13-15)10-11-19-22-16-7-1-2-8-17(16)23-19/h1-9,12-13H,10-11H2,(H,21,24)(H,22,23). The van der Waals surface area contributed by atoms with E-state index in [0.717, 1.165) is 35.4 Å². The monoisotopic (exact) mass is 347 g/mol. The Kier molecular flexibility index (Phi) is 4.31. The first kappa shape index (κ1) is 15.6. The SMILES string of the molecule is O=C(Nc1cccc(CCc2nc3ccccc3[nH]2)c1)c1cccs1. The molecular formula is C20H17N3OS. The van der Waals surface area contributed by atoms with Crippen molar-refractivity contribution in [2.24, 2.45) is 0 Å². The fourth-order valence-corrected chi connectivity index (χ4v) is 3.41. The molecule has 0 unspecified atom stereocenters. The van der Waals surface area contributed by atoms with Gasteiger partial charge in [-0.3, -0.25) is 4.79 Å². The lowest BCUT2D eigenvalue weighted by Gasteiger charge is -2.06. The lowest BCUT2D eigenvalue weighted by atomic mass is 10.1. The number of carbonyl (C=O) groups excluding carboxylic acids is 1. The zero-order valence-corrected chi connectivity index (χ0v) is 14.3. The summed E-state index contributed by atoms with van der Waals surface area (Å²) in [6.07, 6.45) is 1.69. The molecule has 0 spiro atoms. The summed E-state index contributed by atoms with van der Waals surface area (Å²) in [5, 5.41) is 4.85. The third-order valence-corrected chi connectivity index (χ3v) is 4.89. The average molecular weight is 347 g/mol. The highest BCUT2D eigenvalue weighted by Crippen LogP contribution is 2.17. The Morgan fingerprint density at radius 3 is 2.80 bits per heavy atom. The van der Waals surface area contributed by atoms with E-state index in [1.165, 1.54) is 16.9 Å². The molecule has 0 radical (unpaired) electrons. The molecule has 0 aliphatic carbocycles. The first-order valence-corrected chi connectivity index (χ1v) is 9.03. The molecular weight excluding hydrogens is 330 g/mol. The van der Waals surface area contributed by atoms with Crippen molar-refractivity contribution in [3.63, 3.8) is 0 Å². The molecule has 5 heteroatoms. The van der Waals surface area contributed by atoms with Crippen LogP contribution in [0.2, 0.25) is 0 Å². The smallest absolute Gasteiger partial charge is 0.265 e. The fraction of sp³-hybridized carbons (Fsp3) is 0.100. The van der Waals surface area contributed by atoms with Crippen LogP contribution in [0.4, 0.5) is 5.69 Å². The molecule has 2 N–H and O–H groups in total. The number of hydrogen-bond donors (Lipinski definition) is 2. The number of aromatic amines is 1. The predicted molar refractivity (Wildman–Crippen MR) is 102 cm³/mol. The van der Waals surface area contributed by atoms with E-state index in [2.05, 4.69) is 21.4 Å². The molecule has 2 aromatic heterocycles. The number of fused-ring (bicyclic) bond motifs is 1. The van der Waals surface area contributed by atoms with Crippen LogP contribution in [0.5, 0.6) is 0 Å². The van der Waals surface area contributed by atoms with E-state index < -0.39 is 0 Å². The number of amides is 1. The summed E-state index contributed by atoms with van der Waals surface area (Å²) in [7, 11) is 0. The van der Waals surface area contributed by atoms with Gasteiger partial charge in [-0.25, -0.2) is 4.98 Å². The highest BCUT2D eigenvalue weighted by Gasteiger charge is 2.07. The van der Waals surface area contributed by atoms with Gasteiger partial charge in [0.05, 0.1) is 15.9 Å². The first-order valence-electron chi connectivity index (χ1n) is 8.15. The third kappa shape index (κ3) is 3.61. The average Bonchev–Trinajstić information content (AvgIpc) is 3.29. The summed E-state index contributed by atoms with van der Waals surface area (Å²) in [5.74, 6) is 0.915. The van der Waals surface area contributed by atoms with Gasteiger partial charge in [-0.05, 0) is 47.7 Å². The maximum atomic E-state index is 12.1. The van der Waals surface area contributed by atoms with Gasteiger partial charge in [0.2, 0.25) is 0 Å². The molecule has 25 heavy (non-hydrogen) atoms. The molecule has 1 amide bonds. The number of anilines is 1. The van der Waals surface area contributed by atoms with E-state index in [-0.39, 0.29) is 5.91 Å². The van der Waals surface area contributed by atoms with Crippen LogP contribution in [0, 0.1) is 0 Å². The fourth-order valence-electron chi connectivity index (χ4n) is 2.79. The summed E-state index contributed by atoms with van der Waals surface area (Å²) < 4.78 is 0. The molecule has 0 saturated carbocycles. The van der Waals surface area contributed by atoms with Crippen LogP contribution in [0.15, 0.2) is 66.0 Å². The summed E-state index contributed by atoms with van der Waals surface area (Å²) in [4.78, 5) is 20.8. The number of carbonyl (C=O) groups is 1. The number of hydrogen-bond acceptors (Lipinski definition) is 3. The molecule has 4 rings (SSSR count). The number of H-pyrrole nitrogens is 1. The quantitative estimate of drug-likeness (QED) is 0.551. The Labute approximate surface area is 149 Å². The minimum Gasteiger partial charge on any atom is -0.342 e. The van der Waals surface area contributed by atoms with Crippen LogP contribution in [-0.2, 0) is 12.8 Å². The molecule has 124 valence electrons. The van der Waals surface area contributed by atoms with Gasteiger partial charge in [0.15, 0.2) is 0 Å². The summed E-state index contributed by atoms with van der Waals surface area (Å²) in [5.41, 5.74) is 4.05. The highest BCUT2D eigenvalue weighted by atomic mass is 32.1. The lowest BCUT2D eigenvalue weighted by Crippen LogP contribution is -2.10. The molecule has 0 aliphatic rings. The number of nitrogens with zero attached hydrogens (tertiary/aromatic N) is 1. The Morgan fingerprint density at radius 2 is 1.96 bits per heavy atom. The van der Waals surface area contributed by atoms with Gasteiger partial charge in [-0.2, -0.15) is 0 Å². The Balaban J connectivity index is 1.43. The minimum atomic E-state index is -0.0653. The molecule has 4 nitrogen and oxygen atoms in total. The van der Waals surface area contributed by atoms with Gasteiger partial charge in [0, 0.05) is 12.1 Å². The Morgan fingerprint density at radius 1 is 1.04 bits per heavy atom. The molecule has 2 heterocycles. The van der Waals surface area contributed by atoms with Crippen molar-refractivity contribution in [3.8, 4) is 0 Å². The van der Waals surface area contributed by atoms with E-state index in [0.29, 0.717) is 4.88 Å². The van der Waals surface area contributed by atoms with Gasteiger partial charge >= 0.3 is 0 Å². The van der Waals surface area contributed by atoms with Crippen molar-refractivity contribution in [1.29, 1.82) is 0 Å². The van der Waals surface area contributed by atoms with Crippen molar-refractivity contribution >= 4 is 34.0 Å². The van der Waals surface area contributed by atoms with Crippen molar-refractivity contribution in [2.75, 3.05) is 5.32 Å². The number of thiophene rings is 1. The highest BCUT2D eigenvalue weighted by molar-refractivity contribution is 7.12. The number of nitrogens with one attached hydrogen (secondary N) is 2. The Hall–Kier alpha value is -2.92. The maximum Gasteiger partial charge on any atom is 0.265 e. The van der Waals surface area contributed by atoms with Crippen LogP contribution in [0.25, 0.3) is 11.0 Å². The van der Waals surface area contributed by atoms with E-state index in [9.17, 15) is 4.79 Å².